The van der Waals surface area contributed by atoms with Crippen LogP contribution in [-0.4, -0.2) is 17.2 Å². The first kappa shape index (κ1) is 9.78. The summed E-state index contributed by atoms with van der Waals surface area (Å²) in [6, 6.07) is 3.03. The van der Waals surface area contributed by atoms with Gasteiger partial charge in [0.2, 0.25) is 10.0 Å². The molecule has 0 atom stereocenters. The van der Waals surface area contributed by atoms with Crippen LogP contribution in [-0.2, 0) is 10.0 Å². The lowest BCUT2D eigenvalue weighted by Crippen LogP contribution is -2.13. The molecule has 1 aromatic carbocycles. The van der Waals surface area contributed by atoms with E-state index in [2.05, 4.69) is 8.75 Å². The van der Waals surface area contributed by atoms with Crippen LogP contribution in [0.2, 0.25) is 5.02 Å². The molecule has 0 spiro atoms. The van der Waals surface area contributed by atoms with Crippen LogP contribution in [0, 0.1) is 0 Å². The molecule has 74 valence electrons. The molecule has 0 saturated carbocycles. The highest BCUT2D eigenvalue weighted by Crippen LogP contribution is 2.27. The van der Waals surface area contributed by atoms with Gasteiger partial charge in [0.15, 0.2) is 0 Å². The molecule has 1 aromatic heterocycles. The molecule has 0 radical (unpaired) electrons. The molecule has 0 fully saturated rings. The summed E-state index contributed by atoms with van der Waals surface area (Å²) in [6.07, 6.45) is 0. The molecular formula is C6H4ClN3O2S2. The zero-order valence-corrected chi connectivity index (χ0v) is 9.03. The van der Waals surface area contributed by atoms with Gasteiger partial charge in [-0.2, -0.15) is 8.75 Å². The fourth-order valence-electron chi connectivity index (χ4n) is 1.07. The minimum atomic E-state index is -3.86. The normalized spacial score (nSPS) is 12.1. The number of aromatic nitrogens is 2. The van der Waals surface area contributed by atoms with Gasteiger partial charge in [-0.15, -0.1) is 0 Å². The summed E-state index contributed by atoms with van der Waals surface area (Å²) in [7, 11) is -3.86. The van der Waals surface area contributed by atoms with Crippen molar-refractivity contribution in [3.8, 4) is 0 Å². The standard InChI is InChI=1S/C6H4ClN3O2S2/c7-3-1-2-4-5(10-13-9-4)6(3)14(8,11)12/h1-2H,(H2,8,11,12). The lowest BCUT2D eigenvalue weighted by atomic mass is 10.3. The number of benzene rings is 1. The summed E-state index contributed by atoms with van der Waals surface area (Å²) in [5.41, 5.74) is 0.702. The lowest BCUT2D eigenvalue weighted by Gasteiger charge is -2.00. The van der Waals surface area contributed by atoms with Gasteiger partial charge in [0, 0.05) is 0 Å². The summed E-state index contributed by atoms with van der Waals surface area (Å²) >= 11 is 6.64. The molecule has 2 N–H and O–H groups in total. The molecule has 0 unspecified atom stereocenters. The fourth-order valence-corrected chi connectivity index (χ4v) is 2.91. The van der Waals surface area contributed by atoms with Crippen molar-refractivity contribution in [2.75, 3.05) is 0 Å². The SMILES string of the molecule is NS(=O)(=O)c1c(Cl)ccc2nsnc12. The van der Waals surface area contributed by atoms with Crippen molar-refractivity contribution >= 4 is 44.4 Å². The van der Waals surface area contributed by atoms with E-state index in [0.717, 1.165) is 11.7 Å². The van der Waals surface area contributed by atoms with E-state index >= 15 is 0 Å². The Morgan fingerprint density at radius 1 is 1.36 bits per heavy atom. The van der Waals surface area contributed by atoms with Crippen LogP contribution in [0.1, 0.15) is 0 Å². The predicted molar refractivity (Wildman–Crippen MR) is 53.8 cm³/mol. The largest absolute Gasteiger partial charge is 0.241 e. The highest BCUT2D eigenvalue weighted by Gasteiger charge is 2.19. The third-order valence-corrected chi connectivity index (χ3v) is 3.57. The summed E-state index contributed by atoms with van der Waals surface area (Å²) in [5.74, 6) is 0. The van der Waals surface area contributed by atoms with Gasteiger partial charge in [-0.3, -0.25) is 0 Å². The molecule has 8 heteroatoms. The van der Waals surface area contributed by atoms with Gasteiger partial charge >= 0.3 is 0 Å². The van der Waals surface area contributed by atoms with Crippen LogP contribution in [0.3, 0.4) is 0 Å². The summed E-state index contributed by atoms with van der Waals surface area (Å²) < 4.78 is 30.1. The number of fused-ring (bicyclic) bond motifs is 1. The third kappa shape index (κ3) is 1.48. The molecule has 1 heterocycles. The second kappa shape index (κ2) is 3.13. The molecule has 0 aliphatic rings. The van der Waals surface area contributed by atoms with Gasteiger partial charge < -0.3 is 0 Å². The molecule has 2 rings (SSSR count). The molecule has 0 amide bonds. The average molecular weight is 250 g/mol. The Morgan fingerprint density at radius 3 is 2.71 bits per heavy atom. The van der Waals surface area contributed by atoms with Crippen LogP contribution in [0.5, 0.6) is 0 Å². The molecule has 0 aliphatic heterocycles. The Labute approximate surface area is 88.9 Å². The maximum Gasteiger partial charge on any atom is 0.241 e. The number of hydrogen-bond acceptors (Lipinski definition) is 5. The maximum absolute atomic E-state index is 11.2. The Bertz CT molecular complexity index is 592. The Kier molecular flexibility index (Phi) is 2.18. The van der Waals surface area contributed by atoms with E-state index < -0.39 is 10.0 Å². The number of rotatable bonds is 1. The number of halogens is 1. The molecule has 2 aromatic rings. The van der Waals surface area contributed by atoms with Crippen LogP contribution >= 0.6 is 23.3 Å². The zero-order valence-electron chi connectivity index (χ0n) is 6.64. The van der Waals surface area contributed by atoms with Crippen molar-refractivity contribution in [2.45, 2.75) is 4.90 Å². The Balaban J connectivity index is 2.98. The first-order valence-electron chi connectivity index (χ1n) is 3.44. The Morgan fingerprint density at radius 2 is 2.07 bits per heavy atom. The number of sulfonamides is 1. The quantitative estimate of drug-likeness (QED) is 0.817. The van der Waals surface area contributed by atoms with Crippen molar-refractivity contribution in [1.29, 1.82) is 0 Å². The highest BCUT2D eigenvalue weighted by atomic mass is 35.5. The molecule has 0 bridgehead atoms. The number of primary sulfonamides is 1. The number of nitrogens with two attached hydrogens (primary N) is 1. The van der Waals surface area contributed by atoms with E-state index in [1.165, 1.54) is 6.07 Å². The first-order chi connectivity index (χ1) is 6.50. The molecule has 5 nitrogen and oxygen atoms in total. The van der Waals surface area contributed by atoms with Crippen molar-refractivity contribution in [3.05, 3.63) is 17.2 Å². The van der Waals surface area contributed by atoms with E-state index in [9.17, 15) is 8.42 Å². The molecule has 14 heavy (non-hydrogen) atoms. The number of nitrogens with zero attached hydrogens (tertiary/aromatic N) is 2. The van der Waals surface area contributed by atoms with Crippen molar-refractivity contribution < 1.29 is 8.42 Å². The lowest BCUT2D eigenvalue weighted by molar-refractivity contribution is 0.598. The second-order valence-corrected chi connectivity index (χ2v) is 4.99. The third-order valence-electron chi connectivity index (χ3n) is 1.62. The fraction of sp³-hybridized carbons (Fsp3) is 0. The Hall–Kier alpha value is -0.760. The van der Waals surface area contributed by atoms with E-state index in [-0.39, 0.29) is 15.4 Å². The topological polar surface area (TPSA) is 85.9 Å². The van der Waals surface area contributed by atoms with Crippen molar-refractivity contribution in [2.24, 2.45) is 5.14 Å². The van der Waals surface area contributed by atoms with Crippen LogP contribution < -0.4 is 5.14 Å². The minimum absolute atomic E-state index is 0.0627. The van der Waals surface area contributed by atoms with E-state index in [1.54, 1.807) is 6.07 Å². The van der Waals surface area contributed by atoms with Gasteiger partial charge in [0.05, 0.1) is 16.8 Å². The van der Waals surface area contributed by atoms with Crippen LogP contribution in [0.4, 0.5) is 0 Å². The van der Waals surface area contributed by atoms with Gasteiger partial charge in [-0.05, 0) is 12.1 Å². The summed E-state index contributed by atoms with van der Waals surface area (Å²) in [4.78, 5) is -0.162. The highest BCUT2D eigenvalue weighted by molar-refractivity contribution is 7.89. The summed E-state index contributed by atoms with van der Waals surface area (Å²) in [6.45, 7) is 0. The predicted octanol–water partition coefficient (Wildman–Crippen LogP) is 0.992. The first-order valence-corrected chi connectivity index (χ1v) is 6.09. The van der Waals surface area contributed by atoms with Gasteiger partial charge in [-0.25, -0.2) is 13.6 Å². The monoisotopic (exact) mass is 249 g/mol. The van der Waals surface area contributed by atoms with E-state index in [4.69, 9.17) is 16.7 Å². The maximum atomic E-state index is 11.2. The van der Waals surface area contributed by atoms with Crippen LogP contribution in [0.15, 0.2) is 17.0 Å². The van der Waals surface area contributed by atoms with E-state index in [0.29, 0.717) is 5.52 Å². The van der Waals surface area contributed by atoms with Crippen LogP contribution in [0.25, 0.3) is 11.0 Å². The molecule has 0 saturated heterocycles. The van der Waals surface area contributed by atoms with Crippen molar-refractivity contribution in [1.82, 2.24) is 8.75 Å². The minimum Gasteiger partial charge on any atom is -0.225 e. The molecule has 0 aliphatic carbocycles. The second-order valence-electron chi connectivity index (χ2n) is 2.55. The van der Waals surface area contributed by atoms with E-state index in [1.807, 2.05) is 0 Å². The van der Waals surface area contributed by atoms with Gasteiger partial charge in [0.1, 0.15) is 15.9 Å². The smallest absolute Gasteiger partial charge is 0.225 e. The van der Waals surface area contributed by atoms with Gasteiger partial charge in [0.25, 0.3) is 0 Å². The average Bonchev–Trinajstić information content (AvgIpc) is 2.48. The van der Waals surface area contributed by atoms with Crippen molar-refractivity contribution in [3.63, 3.8) is 0 Å². The summed E-state index contributed by atoms with van der Waals surface area (Å²) in [5, 5.41) is 5.07. The molecular weight excluding hydrogens is 246 g/mol. The van der Waals surface area contributed by atoms with Gasteiger partial charge in [-0.1, -0.05) is 11.6 Å². The zero-order chi connectivity index (χ0) is 10.3. The number of hydrogen-bond donors (Lipinski definition) is 1.